The predicted molar refractivity (Wildman–Crippen MR) is 202 cm³/mol. The van der Waals surface area contributed by atoms with Crippen LogP contribution in [0.25, 0.3) is 28.0 Å². The van der Waals surface area contributed by atoms with Crippen LogP contribution >= 0.6 is 0 Å². The van der Waals surface area contributed by atoms with E-state index in [-0.39, 0.29) is 17.5 Å². The van der Waals surface area contributed by atoms with Crippen molar-refractivity contribution >= 4 is 17.4 Å². The van der Waals surface area contributed by atoms with E-state index in [4.69, 9.17) is 23.9 Å². The number of ether oxygens (including phenoxy) is 4. The summed E-state index contributed by atoms with van der Waals surface area (Å²) in [4.78, 5) is 20.8. The molecule has 0 bridgehead atoms. The number of imidazole rings is 1. The van der Waals surface area contributed by atoms with E-state index in [1.54, 1.807) is 12.2 Å². The van der Waals surface area contributed by atoms with Crippen LogP contribution in [0.5, 0.6) is 5.75 Å². The van der Waals surface area contributed by atoms with Crippen LogP contribution in [-0.2, 0) is 19.0 Å². The number of rotatable bonds is 13. The number of halogens is 1. The fourth-order valence-electron chi connectivity index (χ4n) is 6.73. The normalized spacial score (nSPS) is 15.7. The van der Waals surface area contributed by atoms with E-state index in [1.165, 1.54) is 13.2 Å². The lowest BCUT2D eigenvalue weighted by atomic mass is 9.92. The SMILES string of the molecule is C=CCOC1(C)CCN(c2c([C@H](OC(C)(C)C)C(=O)OC)c(C)cc3nc(-c4cccc(-c5c(F)cc(C)cc5O[C@@H](C)CC=C)c4)cn23)CC1. The number of hydrogen-bond donors (Lipinski definition) is 0. The Morgan fingerprint density at radius 1 is 1.08 bits per heavy atom. The molecule has 4 aromatic rings. The highest BCUT2D eigenvalue weighted by molar-refractivity contribution is 5.82. The fourth-order valence-corrected chi connectivity index (χ4v) is 6.73. The molecule has 9 heteroatoms. The number of nitrogens with zero attached hydrogens (tertiary/aromatic N) is 3. The van der Waals surface area contributed by atoms with E-state index in [9.17, 15) is 4.79 Å². The number of esters is 1. The first kappa shape index (κ1) is 37.8. The first-order chi connectivity index (χ1) is 24.2. The van der Waals surface area contributed by atoms with Crippen molar-refractivity contribution in [2.45, 2.75) is 91.1 Å². The van der Waals surface area contributed by atoms with Gasteiger partial charge < -0.3 is 23.8 Å². The number of aromatic nitrogens is 2. The molecule has 1 saturated heterocycles. The number of anilines is 1. The molecule has 0 aliphatic carbocycles. The lowest BCUT2D eigenvalue weighted by molar-refractivity contribution is -0.164. The van der Waals surface area contributed by atoms with Crippen LogP contribution in [0.3, 0.4) is 0 Å². The van der Waals surface area contributed by atoms with Crippen LogP contribution in [0.15, 0.2) is 74.0 Å². The number of carbonyl (C=O) groups is 1. The lowest BCUT2D eigenvalue weighted by Crippen LogP contribution is -2.45. The van der Waals surface area contributed by atoms with Crippen molar-refractivity contribution in [3.8, 4) is 28.1 Å². The molecule has 8 nitrogen and oxygen atoms in total. The van der Waals surface area contributed by atoms with Crippen molar-refractivity contribution in [1.29, 1.82) is 0 Å². The fraction of sp³-hybridized carbons (Fsp3) is 0.429. The summed E-state index contributed by atoms with van der Waals surface area (Å²) in [5, 5.41) is 0. The first-order valence-electron chi connectivity index (χ1n) is 17.6. The van der Waals surface area contributed by atoms with E-state index in [2.05, 4.69) is 25.0 Å². The van der Waals surface area contributed by atoms with Crippen LogP contribution < -0.4 is 9.64 Å². The largest absolute Gasteiger partial charge is 0.490 e. The maximum Gasteiger partial charge on any atom is 0.339 e. The molecule has 3 heterocycles. The van der Waals surface area contributed by atoms with Gasteiger partial charge in [0.05, 0.1) is 42.3 Å². The molecule has 0 amide bonds. The average molecular weight is 698 g/mol. The molecular weight excluding hydrogens is 645 g/mol. The highest BCUT2D eigenvalue weighted by atomic mass is 19.1. The van der Waals surface area contributed by atoms with Crippen molar-refractivity contribution in [1.82, 2.24) is 9.38 Å². The minimum atomic E-state index is -0.972. The Labute approximate surface area is 301 Å². The number of fused-ring (bicyclic) bond motifs is 1. The number of aryl methyl sites for hydroxylation is 2. The number of piperidine rings is 1. The van der Waals surface area contributed by atoms with Gasteiger partial charge in [0.15, 0.2) is 6.10 Å². The Kier molecular flexibility index (Phi) is 11.4. The predicted octanol–water partition coefficient (Wildman–Crippen LogP) is 9.36. The van der Waals surface area contributed by atoms with Crippen molar-refractivity contribution in [2.24, 2.45) is 0 Å². The van der Waals surface area contributed by atoms with E-state index < -0.39 is 17.7 Å². The summed E-state index contributed by atoms with van der Waals surface area (Å²) < 4.78 is 41.9. The molecule has 0 unspecified atom stereocenters. The van der Waals surface area contributed by atoms with Gasteiger partial charge in [-0.15, -0.1) is 13.2 Å². The summed E-state index contributed by atoms with van der Waals surface area (Å²) in [6.07, 6.45) is 6.60. The Balaban J connectivity index is 1.66. The van der Waals surface area contributed by atoms with E-state index in [1.807, 2.05) is 88.5 Å². The summed E-state index contributed by atoms with van der Waals surface area (Å²) in [7, 11) is 1.38. The number of pyridine rings is 1. The third kappa shape index (κ3) is 8.54. The van der Waals surface area contributed by atoms with E-state index in [0.717, 1.165) is 40.9 Å². The molecule has 1 aliphatic rings. The molecule has 5 rings (SSSR count). The van der Waals surface area contributed by atoms with E-state index in [0.29, 0.717) is 54.3 Å². The number of hydrogen-bond acceptors (Lipinski definition) is 7. The van der Waals surface area contributed by atoms with Crippen molar-refractivity contribution < 1.29 is 28.1 Å². The van der Waals surface area contributed by atoms with Gasteiger partial charge in [0.2, 0.25) is 0 Å². The molecule has 1 aliphatic heterocycles. The van der Waals surface area contributed by atoms with Gasteiger partial charge in [-0.25, -0.2) is 14.2 Å². The maximum atomic E-state index is 15.7. The highest BCUT2D eigenvalue weighted by Gasteiger charge is 2.37. The van der Waals surface area contributed by atoms with Crippen LogP contribution in [0.4, 0.5) is 10.2 Å². The first-order valence-corrected chi connectivity index (χ1v) is 17.6. The Hall–Kier alpha value is -4.47. The summed E-state index contributed by atoms with van der Waals surface area (Å²) >= 11 is 0. The molecule has 272 valence electrons. The van der Waals surface area contributed by atoms with Gasteiger partial charge in [-0.05, 0) is 102 Å². The number of methoxy groups -OCH3 is 1. The number of carbonyl (C=O) groups excluding carboxylic acids is 1. The van der Waals surface area contributed by atoms with Crippen molar-refractivity contribution in [3.63, 3.8) is 0 Å². The minimum absolute atomic E-state index is 0.169. The second-order valence-corrected chi connectivity index (χ2v) is 14.7. The van der Waals surface area contributed by atoms with Crippen LogP contribution in [0.1, 0.15) is 76.7 Å². The van der Waals surface area contributed by atoms with Gasteiger partial charge in [0.25, 0.3) is 0 Å². The van der Waals surface area contributed by atoms with E-state index >= 15 is 4.39 Å². The Bertz CT molecular complexity index is 1900. The molecule has 0 saturated carbocycles. The van der Waals surface area contributed by atoms with Gasteiger partial charge in [-0.2, -0.15) is 0 Å². The minimum Gasteiger partial charge on any atom is -0.490 e. The topological polar surface area (TPSA) is 74.5 Å². The summed E-state index contributed by atoms with van der Waals surface area (Å²) in [6, 6.07) is 13.1. The van der Waals surface area contributed by atoms with Gasteiger partial charge in [-0.3, -0.25) is 4.40 Å². The summed E-state index contributed by atoms with van der Waals surface area (Å²) in [5.41, 5.74) is 4.74. The van der Waals surface area contributed by atoms with Gasteiger partial charge in [0, 0.05) is 36.8 Å². The zero-order valence-corrected chi connectivity index (χ0v) is 31.3. The van der Waals surface area contributed by atoms with Gasteiger partial charge >= 0.3 is 5.97 Å². The molecule has 0 spiro atoms. The zero-order valence-electron chi connectivity index (χ0n) is 31.3. The molecule has 0 radical (unpaired) electrons. The quantitative estimate of drug-likeness (QED) is 0.102. The molecule has 1 fully saturated rings. The number of benzene rings is 2. The standard InChI is InChI=1S/C42H52FN3O5/c1-11-14-29(5)50-34-23-27(3)22-32(43)37(34)31-16-13-15-30(25-31)33-26-46-35(44-33)24-28(4)36(38(40(47)48-10)51-41(6,7)8)39(46)45-19-17-42(9,18-20-45)49-21-12-2/h11-13,15-16,22-26,29,38H,1-2,14,17-21H2,3-10H3/t29-,38-/m0/s1. The van der Waals surface area contributed by atoms with Crippen molar-refractivity contribution in [2.75, 3.05) is 31.7 Å². The second kappa shape index (κ2) is 15.4. The Morgan fingerprint density at radius 2 is 1.78 bits per heavy atom. The molecule has 2 atom stereocenters. The smallest absolute Gasteiger partial charge is 0.339 e. The third-order valence-electron chi connectivity index (χ3n) is 9.26. The maximum absolute atomic E-state index is 15.7. The highest BCUT2D eigenvalue weighted by Crippen LogP contribution is 2.41. The van der Waals surface area contributed by atoms with Crippen molar-refractivity contribution in [3.05, 3.63) is 96.5 Å². The molecule has 2 aromatic heterocycles. The monoisotopic (exact) mass is 697 g/mol. The zero-order chi connectivity index (χ0) is 37.1. The molecular formula is C42H52FN3O5. The van der Waals surface area contributed by atoms with Crippen LogP contribution in [0.2, 0.25) is 0 Å². The second-order valence-electron chi connectivity index (χ2n) is 14.7. The molecule has 2 aromatic carbocycles. The third-order valence-corrected chi connectivity index (χ3v) is 9.26. The van der Waals surface area contributed by atoms with Gasteiger partial charge in [0.1, 0.15) is 23.0 Å². The van der Waals surface area contributed by atoms with Crippen LogP contribution in [-0.4, -0.2) is 59.5 Å². The molecule has 51 heavy (non-hydrogen) atoms. The average Bonchev–Trinajstić information content (AvgIpc) is 3.49. The summed E-state index contributed by atoms with van der Waals surface area (Å²) in [5.74, 6) is 0.478. The van der Waals surface area contributed by atoms with Crippen LogP contribution in [0, 0.1) is 19.7 Å². The Morgan fingerprint density at radius 3 is 2.43 bits per heavy atom. The summed E-state index contributed by atoms with van der Waals surface area (Å²) in [6.45, 7) is 23.2. The van der Waals surface area contributed by atoms with Gasteiger partial charge in [-0.1, -0.05) is 30.4 Å². The molecule has 0 N–H and O–H groups in total. The lowest BCUT2D eigenvalue weighted by Gasteiger charge is -2.41.